The van der Waals surface area contributed by atoms with Gasteiger partial charge in [-0.05, 0) is 36.8 Å². The number of rotatable bonds is 5. The Labute approximate surface area is 143 Å². The van der Waals surface area contributed by atoms with E-state index in [2.05, 4.69) is 5.10 Å². The van der Waals surface area contributed by atoms with Gasteiger partial charge in [0.25, 0.3) is 0 Å². The molecule has 0 fully saturated rings. The fourth-order valence-electron chi connectivity index (χ4n) is 2.21. The Kier molecular flexibility index (Phi) is 4.88. The van der Waals surface area contributed by atoms with Crippen molar-refractivity contribution in [3.8, 4) is 0 Å². The molecule has 2 aromatic heterocycles. The molecule has 118 valence electrons. The minimum atomic E-state index is -0.340. The summed E-state index contributed by atoms with van der Waals surface area (Å²) < 4.78 is 6.88. The summed E-state index contributed by atoms with van der Waals surface area (Å²) in [4.78, 5) is 12.3. The van der Waals surface area contributed by atoms with E-state index in [-0.39, 0.29) is 5.97 Å². The van der Waals surface area contributed by atoms with Gasteiger partial charge in [0.05, 0.1) is 12.1 Å². The Morgan fingerprint density at radius 3 is 2.78 bits per heavy atom. The quantitative estimate of drug-likeness (QED) is 0.505. The van der Waals surface area contributed by atoms with Crippen LogP contribution in [0.15, 0.2) is 53.7 Å². The van der Waals surface area contributed by atoms with Gasteiger partial charge in [0.2, 0.25) is 0 Å². The van der Waals surface area contributed by atoms with E-state index in [1.54, 1.807) is 11.4 Å². The number of hydrogen-bond acceptors (Lipinski definition) is 4. The average Bonchev–Trinajstić information content (AvgIpc) is 2.93. The summed E-state index contributed by atoms with van der Waals surface area (Å²) in [6, 6.07) is 13.3. The van der Waals surface area contributed by atoms with Crippen molar-refractivity contribution in [1.82, 2.24) is 9.61 Å². The van der Waals surface area contributed by atoms with Crippen LogP contribution >= 0.6 is 23.4 Å². The zero-order chi connectivity index (χ0) is 16.2. The van der Waals surface area contributed by atoms with E-state index in [1.807, 2.05) is 48.7 Å². The zero-order valence-electron chi connectivity index (χ0n) is 12.5. The molecule has 2 heterocycles. The van der Waals surface area contributed by atoms with E-state index in [0.29, 0.717) is 28.0 Å². The monoisotopic (exact) mass is 346 g/mol. The molecule has 0 atom stereocenters. The number of fused-ring (bicyclic) bond motifs is 1. The highest BCUT2D eigenvalue weighted by Gasteiger charge is 2.21. The summed E-state index contributed by atoms with van der Waals surface area (Å²) in [5, 5.41) is 5.88. The van der Waals surface area contributed by atoms with Gasteiger partial charge in [-0.25, -0.2) is 9.31 Å². The maximum absolute atomic E-state index is 12.3. The largest absolute Gasteiger partial charge is 0.462 e. The van der Waals surface area contributed by atoms with Gasteiger partial charge in [-0.2, -0.15) is 5.10 Å². The van der Waals surface area contributed by atoms with Gasteiger partial charge in [0, 0.05) is 17.0 Å². The van der Waals surface area contributed by atoms with Crippen LogP contribution in [0.4, 0.5) is 0 Å². The van der Waals surface area contributed by atoms with Crippen molar-refractivity contribution in [2.24, 2.45) is 0 Å². The van der Waals surface area contributed by atoms with E-state index in [0.717, 1.165) is 11.1 Å². The molecule has 4 nitrogen and oxygen atoms in total. The van der Waals surface area contributed by atoms with Crippen molar-refractivity contribution in [3.63, 3.8) is 0 Å². The van der Waals surface area contributed by atoms with Crippen molar-refractivity contribution in [2.45, 2.75) is 17.7 Å². The van der Waals surface area contributed by atoms with Gasteiger partial charge in [-0.3, -0.25) is 0 Å². The molecule has 0 aliphatic heterocycles. The number of aromatic nitrogens is 2. The molecule has 3 rings (SSSR count). The van der Waals surface area contributed by atoms with Gasteiger partial charge in [0.15, 0.2) is 0 Å². The minimum absolute atomic E-state index is 0.338. The van der Waals surface area contributed by atoms with E-state index >= 15 is 0 Å². The second-order valence-corrected chi connectivity index (χ2v) is 6.25. The van der Waals surface area contributed by atoms with Gasteiger partial charge >= 0.3 is 5.97 Å². The SMILES string of the molecule is CCOC(=O)c1c(SCc2ccc(Cl)cc2)nn2ccccc12. The molecule has 1 aromatic carbocycles. The molecule has 0 bridgehead atoms. The molecule has 0 spiro atoms. The summed E-state index contributed by atoms with van der Waals surface area (Å²) in [5.41, 5.74) is 2.39. The third kappa shape index (κ3) is 3.51. The Morgan fingerprint density at radius 1 is 1.26 bits per heavy atom. The molecule has 0 amide bonds. The molecule has 0 aliphatic rings. The fraction of sp³-hybridized carbons (Fsp3) is 0.176. The molecule has 0 aliphatic carbocycles. The Balaban J connectivity index is 1.91. The number of esters is 1. The first-order chi connectivity index (χ1) is 11.2. The normalized spacial score (nSPS) is 10.9. The minimum Gasteiger partial charge on any atom is -0.462 e. The predicted molar refractivity (Wildman–Crippen MR) is 92.2 cm³/mol. The molecule has 23 heavy (non-hydrogen) atoms. The van der Waals surface area contributed by atoms with Gasteiger partial charge < -0.3 is 4.74 Å². The molecular formula is C17H15ClN2O2S. The van der Waals surface area contributed by atoms with Crippen molar-refractivity contribution < 1.29 is 9.53 Å². The Hall–Kier alpha value is -1.98. The Bertz CT molecular complexity index is 830. The summed E-state index contributed by atoms with van der Waals surface area (Å²) >= 11 is 7.41. The zero-order valence-corrected chi connectivity index (χ0v) is 14.1. The second kappa shape index (κ2) is 7.06. The third-order valence-corrected chi connectivity index (χ3v) is 4.57. The summed E-state index contributed by atoms with van der Waals surface area (Å²) in [6.45, 7) is 2.13. The summed E-state index contributed by atoms with van der Waals surface area (Å²) in [6.07, 6.45) is 1.82. The van der Waals surface area contributed by atoms with Crippen LogP contribution in [0.1, 0.15) is 22.8 Å². The van der Waals surface area contributed by atoms with Crippen LogP contribution in [0.2, 0.25) is 5.02 Å². The summed E-state index contributed by atoms with van der Waals surface area (Å²) in [5.74, 6) is 0.361. The van der Waals surface area contributed by atoms with E-state index < -0.39 is 0 Å². The van der Waals surface area contributed by atoms with Crippen LogP contribution in [0.3, 0.4) is 0 Å². The standard InChI is InChI=1S/C17H15ClN2O2S/c1-2-22-17(21)15-14-5-3-4-10-20(14)19-16(15)23-11-12-6-8-13(18)9-7-12/h3-10H,2,11H2,1H3. The smallest absolute Gasteiger partial charge is 0.343 e. The van der Waals surface area contributed by atoms with Crippen molar-refractivity contribution >= 4 is 34.8 Å². The summed E-state index contributed by atoms with van der Waals surface area (Å²) in [7, 11) is 0. The number of halogens is 1. The van der Waals surface area contributed by atoms with E-state index in [9.17, 15) is 4.79 Å². The molecule has 0 radical (unpaired) electrons. The van der Waals surface area contributed by atoms with Gasteiger partial charge in [-0.1, -0.05) is 41.6 Å². The van der Waals surface area contributed by atoms with Crippen LogP contribution < -0.4 is 0 Å². The molecule has 6 heteroatoms. The fourth-order valence-corrected chi connectivity index (χ4v) is 3.31. The highest BCUT2D eigenvalue weighted by atomic mass is 35.5. The molecule has 0 unspecified atom stereocenters. The lowest BCUT2D eigenvalue weighted by Gasteiger charge is -2.03. The lowest BCUT2D eigenvalue weighted by atomic mass is 10.2. The maximum Gasteiger partial charge on any atom is 0.343 e. The van der Waals surface area contributed by atoms with Crippen LogP contribution in [0.25, 0.3) is 5.52 Å². The first-order valence-electron chi connectivity index (χ1n) is 7.20. The van der Waals surface area contributed by atoms with E-state index in [1.165, 1.54) is 11.8 Å². The lowest BCUT2D eigenvalue weighted by Crippen LogP contribution is -2.05. The van der Waals surface area contributed by atoms with E-state index in [4.69, 9.17) is 16.3 Å². The molecule has 0 N–H and O–H groups in total. The number of carbonyl (C=O) groups excluding carboxylic acids is 1. The van der Waals surface area contributed by atoms with Crippen molar-refractivity contribution in [2.75, 3.05) is 6.61 Å². The molecule has 0 saturated carbocycles. The van der Waals surface area contributed by atoms with Crippen LogP contribution in [-0.4, -0.2) is 22.2 Å². The lowest BCUT2D eigenvalue weighted by molar-refractivity contribution is 0.0524. The second-order valence-electron chi connectivity index (χ2n) is 4.85. The first kappa shape index (κ1) is 15.9. The highest BCUT2D eigenvalue weighted by Crippen LogP contribution is 2.29. The number of hydrogen-bond donors (Lipinski definition) is 0. The number of pyridine rings is 1. The molecule has 3 aromatic rings. The Morgan fingerprint density at radius 2 is 2.04 bits per heavy atom. The molecule has 0 saturated heterocycles. The van der Waals surface area contributed by atoms with Crippen LogP contribution in [0, 0.1) is 0 Å². The van der Waals surface area contributed by atoms with Crippen LogP contribution in [0.5, 0.6) is 0 Å². The van der Waals surface area contributed by atoms with Crippen molar-refractivity contribution in [1.29, 1.82) is 0 Å². The number of carbonyl (C=O) groups is 1. The molecular weight excluding hydrogens is 332 g/mol. The highest BCUT2D eigenvalue weighted by molar-refractivity contribution is 7.98. The number of ether oxygens (including phenoxy) is 1. The van der Waals surface area contributed by atoms with Gasteiger partial charge in [0.1, 0.15) is 10.6 Å². The topological polar surface area (TPSA) is 43.6 Å². The third-order valence-electron chi connectivity index (χ3n) is 3.28. The van der Waals surface area contributed by atoms with Gasteiger partial charge in [-0.15, -0.1) is 0 Å². The van der Waals surface area contributed by atoms with Crippen LogP contribution in [-0.2, 0) is 10.5 Å². The number of benzene rings is 1. The van der Waals surface area contributed by atoms with Crippen molar-refractivity contribution in [3.05, 3.63) is 64.8 Å². The maximum atomic E-state index is 12.3. The first-order valence-corrected chi connectivity index (χ1v) is 8.57. The number of nitrogens with zero attached hydrogens (tertiary/aromatic N) is 2. The average molecular weight is 347 g/mol. The number of thioether (sulfide) groups is 1. The predicted octanol–water partition coefficient (Wildman–Crippen LogP) is 4.46.